The average Bonchev–Trinajstić information content (AvgIpc) is 2.74. The van der Waals surface area contributed by atoms with Gasteiger partial charge in [-0.3, -0.25) is 14.5 Å². The number of aldehydes is 3. The molecule has 1 unspecified atom stereocenters. The molecule has 0 aromatic heterocycles. The second kappa shape index (κ2) is 10.7. The van der Waals surface area contributed by atoms with Crippen LogP contribution < -0.4 is 10.2 Å². The van der Waals surface area contributed by atoms with Crippen molar-refractivity contribution >= 4 is 30.5 Å². The summed E-state index contributed by atoms with van der Waals surface area (Å²) in [5.74, 6) is -0.0191. The van der Waals surface area contributed by atoms with Crippen LogP contribution in [0.15, 0.2) is 18.2 Å². The molecule has 1 heterocycles. The molecule has 1 atom stereocenters. The van der Waals surface area contributed by atoms with Gasteiger partial charge in [-0.2, -0.15) is 0 Å². The lowest BCUT2D eigenvalue weighted by molar-refractivity contribution is -0.126. The van der Waals surface area contributed by atoms with E-state index in [0.717, 1.165) is 56.0 Å². The maximum Gasteiger partial charge on any atom is 0.237 e. The third kappa shape index (κ3) is 5.48. The fraction of sp³-hybridized carbons (Fsp3) is 0.524. The molecule has 1 aromatic rings. The van der Waals surface area contributed by atoms with E-state index in [9.17, 15) is 19.2 Å². The van der Waals surface area contributed by atoms with Crippen LogP contribution in [0, 0.1) is 5.92 Å². The molecule has 0 saturated carbocycles. The van der Waals surface area contributed by atoms with Crippen LogP contribution in [0.1, 0.15) is 41.6 Å². The van der Waals surface area contributed by atoms with Gasteiger partial charge in [-0.25, -0.2) is 0 Å². The molecule has 152 valence electrons. The lowest BCUT2D eigenvalue weighted by atomic mass is 9.97. The second-order valence-electron chi connectivity index (χ2n) is 7.25. The average molecular weight is 387 g/mol. The van der Waals surface area contributed by atoms with E-state index >= 15 is 0 Å². The van der Waals surface area contributed by atoms with Gasteiger partial charge in [0, 0.05) is 50.3 Å². The Labute approximate surface area is 166 Å². The molecule has 0 aliphatic carbocycles. The largest absolute Gasteiger partial charge is 0.371 e. The quantitative estimate of drug-likeness (QED) is 0.612. The predicted octanol–water partition coefficient (Wildman–Crippen LogP) is 1.44. The molecule has 1 amide bonds. The molecule has 7 nitrogen and oxygen atoms in total. The second-order valence-corrected chi connectivity index (χ2v) is 7.25. The Morgan fingerprint density at radius 2 is 2.00 bits per heavy atom. The van der Waals surface area contributed by atoms with Gasteiger partial charge in [-0.15, -0.1) is 0 Å². The van der Waals surface area contributed by atoms with Crippen molar-refractivity contribution in [1.82, 2.24) is 10.2 Å². The van der Waals surface area contributed by atoms with Crippen molar-refractivity contribution in [2.24, 2.45) is 5.92 Å². The van der Waals surface area contributed by atoms with Gasteiger partial charge in [0.25, 0.3) is 0 Å². The summed E-state index contributed by atoms with van der Waals surface area (Å²) in [4.78, 5) is 49.5. The molecule has 28 heavy (non-hydrogen) atoms. The van der Waals surface area contributed by atoms with Crippen LogP contribution in [-0.2, 0) is 20.9 Å². The monoisotopic (exact) mass is 387 g/mol. The predicted molar refractivity (Wildman–Crippen MR) is 107 cm³/mol. The Kier molecular flexibility index (Phi) is 8.32. The summed E-state index contributed by atoms with van der Waals surface area (Å²) in [5, 5.41) is 2.63. The van der Waals surface area contributed by atoms with E-state index in [1.165, 1.54) is 0 Å². The third-order valence-electron chi connectivity index (χ3n) is 5.41. The minimum Gasteiger partial charge on any atom is -0.371 e. The zero-order valence-corrected chi connectivity index (χ0v) is 16.6. The van der Waals surface area contributed by atoms with E-state index in [1.54, 1.807) is 7.05 Å². The Hall–Kier alpha value is -2.54. The smallest absolute Gasteiger partial charge is 0.237 e. The summed E-state index contributed by atoms with van der Waals surface area (Å²) < 4.78 is 0. The SMILES string of the molecule is CNC(=O)C(CCC=O)N(C)Cc1ccc(N2CCC(C=O)CC2)cc1C=O. The first kappa shape index (κ1) is 21.8. The van der Waals surface area contributed by atoms with Crippen LogP contribution in [0.5, 0.6) is 0 Å². The molecule has 7 heteroatoms. The van der Waals surface area contributed by atoms with Gasteiger partial charge in [0.15, 0.2) is 0 Å². The molecule has 1 fully saturated rings. The molecule has 1 aliphatic heterocycles. The van der Waals surface area contributed by atoms with Crippen molar-refractivity contribution < 1.29 is 19.2 Å². The summed E-state index contributed by atoms with van der Waals surface area (Å²) in [5.41, 5.74) is 2.40. The topological polar surface area (TPSA) is 86.8 Å². The summed E-state index contributed by atoms with van der Waals surface area (Å²) in [6, 6.07) is 5.34. The van der Waals surface area contributed by atoms with Crippen LogP contribution in [-0.4, -0.2) is 62.9 Å². The Morgan fingerprint density at radius 3 is 2.57 bits per heavy atom. The van der Waals surface area contributed by atoms with Crippen molar-refractivity contribution in [1.29, 1.82) is 0 Å². The van der Waals surface area contributed by atoms with Crippen LogP contribution in [0.2, 0.25) is 0 Å². The first-order chi connectivity index (χ1) is 13.5. The number of carbonyl (C=O) groups is 4. The van der Waals surface area contributed by atoms with Gasteiger partial charge in [-0.1, -0.05) is 6.07 Å². The number of rotatable bonds is 10. The minimum atomic E-state index is -0.434. The number of amides is 1. The first-order valence-electron chi connectivity index (χ1n) is 9.67. The number of hydrogen-bond acceptors (Lipinski definition) is 6. The van der Waals surface area contributed by atoms with Crippen LogP contribution in [0.4, 0.5) is 5.69 Å². The van der Waals surface area contributed by atoms with E-state index in [4.69, 9.17) is 0 Å². The minimum absolute atomic E-state index is 0.128. The Bertz CT molecular complexity index is 699. The molecule has 1 aromatic carbocycles. The molecule has 0 bridgehead atoms. The number of benzene rings is 1. The summed E-state index contributed by atoms with van der Waals surface area (Å²) >= 11 is 0. The molecule has 2 rings (SSSR count). The highest BCUT2D eigenvalue weighted by atomic mass is 16.2. The van der Waals surface area contributed by atoms with E-state index in [1.807, 2.05) is 30.1 Å². The van der Waals surface area contributed by atoms with Crippen molar-refractivity contribution in [3.63, 3.8) is 0 Å². The zero-order chi connectivity index (χ0) is 20.5. The zero-order valence-electron chi connectivity index (χ0n) is 16.6. The Morgan fingerprint density at radius 1 is 1.29 bits per heavy atom. The standard InChI is InChI=1S/C21H29N3O4/c1-22-21(28)20(4-3-11-25)23(2)13-17-5-6-19(12-18(17)15-27)24-9-7-16(14-26)8-10-24/h5-6,11-12,14-16,20H,3-4,7-10,13H2,1-2H3,(H,22,28). The molecule has 0 spiro atoms. The fourth-order valence-corrected chi connectivity index (χ4v) is 3.65. The summed E-state index contributed by atoms with van der Waals surface area (Å²) in [6.07, 6.45) is 5.07. The number of likely N-dealkylation sites (N-methyl/N-ethyl adjacent to an activating group) is 2. The normalized spacial score (nSPS) is 15.9. The van der Waals surface area contributed by atoms with Gasteiger partial charge in [0.1, 0.15) is 18.9 Å². The molecule has 1 N–H and O–H groups in total. The molecular weight excluding hydrogens is 358 g/mol. The molecule has 1 saturated heterocycles. The highest BCUT2D eigenvalue weighted by Gasteiger charge is 2.23. The third-order valence-corrected chi connectivity index (χ3v) is 5.41. The highest BCUT2D eigenvalue weighted by molar-refractivity contribution is 5.82. The number of piperidine rings is 1. The van der Waals surface area contributed by atoms with E-state index in [0.29, 0.717) is 24.9 Å². The highest BCUT2D eigenvalue weighted by Crippen LogP contribution is 2.25. The fourth-order valence-electron chi connectivity index (χ4n) is 3.65. The van der Waals surface area contributed by atoms with E-state index < -0.39 is 6.04 Å². The van der Waals surface area contributed by atoms with Gasteiger partial charge < -0.3 is 19.8 Å². The van der Waals surface area contributed by atoms with Crippen molar-refractivity contribution in [2.75, 3.05) is 32.1 Å². The maximum atomic E-state index is 12.1. The van der Waals surface area contributed by atoms with Crippen molar-refractivity contribution in [2.45, 2.75) is 38.3 Å². The number of nitrogens with zero attached hydrogens (tertiary/aromatic N) is 2. The molecule has 0 radical (unpaired) electrons. The van der Waals surface area contributed by atoms with Crippen molar-refractivity contribution in [3.8, 4) is 0 Å². The number of anilines is 1. The van der Waals surface area contributed by atoms with Gasteiger partial charge in [-0.05, 0) is 44.0 Å². The molecule has 1 aliphatic rings. The Balaban J connectivity index is 2.12. The van der Waals surface area contributed by atoms with Gasteiger partial charge in [0.2, 0.25) is 5.91 Å². The first-order valence-corrected chi connectivity index (χ1v) is 9.67. The lowest BCUT2D eigenvalue weighted by Crippen LogP contribution is -2.43. The number of nitrogens with one attached hydrogen (secondary N) is 1. The van der Waals surface area contributed by atoms with Gasteiger partial charge >= 0.3 is 0 Å². The van der Waals surface area contributed by atoms with Gasteiger partial charge in [0.05, 0.1) is 6.04 Å². The number of carbonyl (C=O) groups excluding carboxylic acids is 4. The van der Waals surface area contributed by atoms with E-state index in [2.05, 4.69) is 10.2 Å². The van der Waals surface area contributed by atoms with Crippen LogP contribution >= 0.6 is 0 Å². The number of hydrogen-bond donors (Lipinski definition) is 1. The van der Waals surface area contributed by atoms with Crippen LogP contribution in [0.25, 0.3) is 0 Å². The summed E-state index contributed by atoms with van der Waals surface area (Å²) in [7, 11) is 3.39. The molecular formula is C21H29N3O4. The van der Waals surface area contributed by atoms with Crippen molar-refractivity contribution in [3.05, 3.63) is 29.3 Å². The maximum absolute atomic E-state index is 12.1. The lowest BCUT2D eigenvalue weighted by Gasteiger charge is -2.32. The van der Waals surface area contributed by atoms with Crippen LogP contribution in [0.3, 0.4) is 0 Å². The van der Waals surface area contributed by atoms with E-state index in [-0.39, 0.29) is 11.8 Å². The summed E-state index contributed by atoms with van der Waals surface area (Å²) in [6.45, 7) is 2.02.